The molecule has 0 radical (unpaired) electrons. The van der Waals surface area contributed by atoms with E-state index in [0.717, 1.165) is 31.7 Å². The first-order chi connectivity index (χ1) is 9.31. The zero-order valence-corrected chi connectivity index (χ0v) is 11.8. The SMILES string of the molecule is CCN(C(=O)CCC1CCCNC1)c1ccccc1. The number of amides is 1. The molecule has 0 saturated carbocycles. The number of para-hydroxylation sites is 1. The van der Waals surface area contributed by atoms with Gasteiger partial charge in [-0.05, 0) is 57.3 Å². The van der Waals surface area contributed by atoms with Gasteiger partial charge in [0.2, 0.25) is 5.91 Å². The summed E-state index contributed by atoms with van der Waals surface area (Å²) in [5.74, 6) is 0.923. The number of anilines is 1. The lowest BCUT2D eigenvalue weighted by molar-refractivity contribution is -0.118. The van der Waals surface area contributed by atoms with Gasteiger partial charge in [0.05, 0.1) is 0 Å². The molecule has 3 nitrogen and oxygen atoms in total. The molecule has 0 spiro atoms. The van der Waals surface area contributed by atoms with Gasteiger partial charge in [-0.25, -0.2) is 0 Å². The van der Waals surface area contributed by atoms with Crippen molar-refractivity contribution in [2.75, 3.05) is 24.5 Å². The highest BCUT2D eigenvalue weighted by molar-refractivity contribution is 5.93. The van der Waals surface area contributed by atoms with E-state index in [-0.39, 0.29) is 5.91 Å². The van der Waals surface area contributed by atoms with Gasteiger partial charge in [-0.15, -0.1) is 0 Å². The van der Waals surface area contributed by atoms with Crippen LogP contribution < -0.4 is 10.2 Å². The summed E-state index contributed by atoms with van der Waals surface area (Å²) < 4.78 is 0. The molecule has 2 rings (SSSR count). The second kappa shape index (κ2) is 7.29. The van der Waals surface area contributed by atoms with E-state index in [4.69, 9.17) is 0 Å². The molecule has 1 aromatic rings. The van der Waals surface area contributed by atoms with E-state index in [2.05, 4.69) is 5.32 Å². The second-order valence-corrected chi connectivity index (χ2v) is 5.22. The number of hydrogen-bond acceptors (Lipinski definition) is 2. The monoisotopic (exact) mass is 260 g/mol. The maximum atomic E-state index is 12.3. The Bertz CT molecular complexity index is 385. The summed E-state index contributed by atoms with van der Waals surface area (Å²) in [5, 5.41) is 3.41. The van der Waals surface area contributed by atoms with Crippen molar-refractivity contribution < 1.29 is 4.79 Å². The van der Waals surface area contributed by atoms with Crippen LogP contribution in [-0.2, 0) is 4.79 Å². The minimum atomic E-state index is 0.249. The van der Waals surface area contributed by atoms with Crippen molar-refractivity contribution >= 4 is 11.6 Å². The molecule has 104 valence electrons. The number of hydrogen-bond donors (Lipinski definition) is 1. The zero-order valence-electron chi connectivity index (χ0n) is 11.8. The molecule has 0 aromatic heterocycles. The van der Waals surface area contributed by atoms with Crippen LogP contribution in [0.3, 0.4) is 0 Å². The number of nitrogens with zero attached hydrogens (tertiary/aromatic N) is 1. The normalized spacial score (nSPS) is 19.1. The standard InChI is InChI=1S/C16H24N2O/c1-2-18(15-8-4-3-5-9-15)16(19)11-10-14-7-6-12-17-13-14/h3-5,8-9,14,17H,2,6-7,10-13H2,1H3. The summed E-state index contributed by atoms with van der Waals surface area (Å²) in [6, 6.07) is 9.95. The van der Waals surface area contributed by atoms with E-state index >= 15 is 0 Å². The molecule has 0 aliphatic carbocycles. The van der Waals surface area contributed by atoms with E-state index in [1.807, 2.05) is 42.2 Å². The van der Waals surface area contributed by atoms with Crippen molar-refractivity contribution in [3.8, 4) is 0 Å². The van der Waals surface area contributed by atoms with Gasteiger partial charge in [-0.2, -0.15) is 0 Å². The number of nitrogens with one attached hydrogen (secondary N) is 1. The van der Waals surface area contributed by atoms with E-state index < -0.39 is 0 Å². The molecule has 1 atom stereocenters. The Morgan fingerprint density at radius 2 is 2.16 bits per heavy atom. The number of benzene rings is 1. The average molecular weight is 260 g/mol. The molecule has 1 aromatic carbocycles. The summed E-state index contributed by atoms with van der Waals surface area (Å²) in [6.45, 7) is 4.99. The fourth-order valence-corrected chi connectivity index (χ4v) is 2.74. The number of carbonyl (C=O) groups excluding carboxylic acids is 1. The molecule has 1 aliphatic heterocycles. The Hall–Kier alpha value is -1.35. The highest BCUT2D eigenvalue weighted by Gasteiger charge is 2.18. The minimum absolute atomic E-state index is 0.249. The van der Waals surface area contributed by atoms with Gasteiger partial charge in [0, 0.05) is 18.7 Å². The fraction of sp³-hybridized carbons (Fsp3) is 0.562. The van der Waals surface area contributed by atoms with Crippen molar-refractivity contribution in [2.24, 2.45) is 5.92 Å². The predicted molar refractivity (Wildman–Crippen MR) is 79.3 cm³/mol. The predicted octanol–water partition coefficient (Wildman–Crippen LogP) is 2.82. The van der Waals surface area contributed by atoms with Gasteiger partial charge >= 0.3 is 0 Å². The molecule has 0 bridgehead atoms. The van der Waals surface area contributed by atoms with E-state index in [9.17, 15) is 4.79 Å². The number of rotatable bonds is 5. The molecule has 1 N–H and O–H groups in total. The zero-order chi connectivity index (χ0) is 13.5. The maximum Gasteiger partial charge on any atom is 0.226 e. The number of carbonyl (C=O) groups is 1. The van der Waals surface area contributed by atoms with Crippen LogP contribution in [0.1, 0.15) is 32.6 Å². The highest BCUT2D eigenvalue weighted by Crippen LogP contribution is 2.19. The largest absolute Gasteiger partial charge is 0.316 e. The third-order valence-corrected chi connectivity index (χ3v) is 3.85. The van der Waals surface area contributed by atoms with Crippen LogP contribution in [0.4, 0.5) is 5.69 Å². The minimum Gasteiger partial charge on any atom is -0.316 e. The Labute approximate surface area is 116 Å². The van der Waals surface area contributed by atoms with Gasteiger partial charge in [-0.1, -0.05) is 18.2 Å². The van der Waals surface area contributed by atoms with Crippen LogP contribution in [0.25, 0.3) is 0 Å². The highest BCUT2D eigenvalue weighted by atomic mass is 16.2. The Morgan fingerprint density at radius 1 is 1.37 bits per heavy atom. The van der Waals surface area contributed by atoms with E-state index in [1.165, 1.54) is 12.8 Å². The van der Waals surface area contributed by atoms with Crippen molar-refractivity contribution in [1.82, 2.24) is 5.32 Å². The van der Waals surface area contributed by atoms with Crippen LogP contribution in [-0.4, -0.2) is 25.5 Å². The molecule has 1 unspecified atom stereocenters. The van der Waals surface area contributed by atoms with Crippen molar-refractivity contribution in [3.05, 3.63) is 30.3 Å². The van der Waals surface area contributed by atoms with Crippen molar-refractivity contribution in [1.29, 1.82) is 0 Å². The van der Waals surface area contributed by atoms with Gasteiger partial charge in [0.1, 0.15) is 0 Å². The molecule has 1 aliphatic rings. The smallest absolute Gasteiger partial charge is 0.226 e. The topological polar surface area (TPSA) is 32.3 Å². The molecule has 1 fully saturated rings. The lowest BCUT2D eigenvalue weighted by Crippen LogP contribution is -2.33. The van der Waals surface area contributed by atoms with Crippen LogP contribution in [0.2, 0.25) is 0 Å². The van der Waals surface area contributed by atoms with Crippen molar-refractivity contribution in [2.45, 2.75) is 32.6 Å². The third-order valence-electron chi connectivity index (χ3n) is 3.85. The Morgan fingerprint density at radius 3 is 2.79 bits per heavy atom. The summed E-state index contributed by atoms with van der Waals surface area (Å²) in [6.07, 6.45) is 4.18. The van der Waals surface area contributed by atoms with E-state index in [0.29, 0.717) is 12.3 Å². The van der Waals surface area contributed by atoms with Gasteiger partial charge in [0.15, 0.2) is 0 Å². The summed E-state index contributed by atoms with van der Waals surface area (Å²) in [7, 11) is 0. The first-order valence-corrected chi connectivity index (χ1v) is 7.37. The number of piperidine rings is 1. The lowest BCUT2D eigenvalue weighted by Gasteiger charge is -2.25. The molecular weight excluding hydrogens is 236 g/mol. The molecular formula is C16H24N2O. The lowest BCUT2D eigenvalue weighted by atomic mass is 9.94. The maximum absolute atomic E-state index is 12.3. The fourth-order valence-electron chi connectivity index (χ4n) is 2.74. The second-order valence-electron chi connectivity index (χ2n) is 5.22. The third kappa shape index (κ3) is 4.06. The first kappa shape index (κ1) is 14.1. The van der Waals surface area contributed by atoms with Gasteiger partial charge in [0.25, 0.3) is 0 Å². The molecule has 3 heteroatoms. The molecule has 1 saturated heterocycles. The van der Waals surface area contributed by atoms with Crippen LogP contribution in [0, 0.1) is 5.92 Å². The summed E-state index contributed by atoms with van der Waals surface area (Å²) in [5.41, 5.74) is 1.01. The van der Waals surface area contributed by atoms with Crippen LogP contribution in [0.15, 0.2) is 30.3 Å². The average Bonchev–Trinajstić information content (AvgIpc) is 2.48. The summed E-state index contributed by atoms with van der Waals surface area (Å²) >= 11 is 0. The quantitative estimate of drug-likeness (QED) is 0.883. The Balaban J connectivity index is 1.86. The van der Waals surface area contributed by atoms with Gasteiger partial charge in [-0.3, -0.25) is 4.79 Å². The molecule has 19 heavy (non-hydrogen) atoms. The van der Waals surface area contributed by atoms with Gasteiger partial charge < -0.3 is 10.2 Å². The van der Waals surface area contributed by atoms with Crippen LogP contribution >= 0.6 is 0 Å². The molecule has 1 amide bonds. The Kier molecular flexibility index (Phi) is 5.40. The first-order valence-electron chi connectivity index (χ1n) is 7.37. The van der Waals surface area contributed by atoms with Crippen LogP contribution in [0.5, 0.6) is 0 Å². The van der Waals surface area contributed by atoms with E-state index in [1.54, 1.807) is 0 Å². The summed E-state index contributed by atoms with van der Waals surface area (Å²) in [4.78, 5) is 14.2. The molecule has 1 heterocycles. The van der Waals surface area contributed by atoms with Crippen molar-refractivity contribution in [3.63, 3.8) is 0 Å².